The number of nitrogens with one attached hydrogen (secondary N) is 1. The number of furan rings is 1. The normalized spacial score (nSPS) is 15.7. The molecule has 140 valence electrons. The van der Waals surface area contributed by atoms with Gasteiger partial charge in [0, 0.05) is 13.1 Å². The van der Waals surface area contributed by atoms with Crippen molar-refractivity contribution < 1.29 is 14.0 Å². The van der Waals surface area contributed by atoms with E-state index in [0.29, 0.717) is 11.7 Å². The smallest absolute Gasteiger partial charge is 0.318 e. The lowest BCUT2D eigenvalue weighted by Crippen LogP contribution is -2.39. The molecule has 9 nitrogen and oxygen atoms in total. The lowest BCUT2D eigenvalue weighted by molar-refractivity contribution is -0.119. The summed E-state index contributed by atoms with van der Waals surface area (Å²) in [6.07, 6.45) is 5.08. The molecule has 3 rings (SSSR count). The lowest BCUT2D eigenvalue weighted by atomic mass is 10.1. The van der Waals surface area contributed by atoms with Crippen LogP contribution in [-0.2, 0) is 11.3 Å². The summed E-state index contributed by atoms with van der Waals surface area (Å²) in [5.41, 5.74) is 5.01. The van der Waals surface area contributed by atoms with Gasteiger partial charge in [0.05, 0.1) is 18.1 Å². The highest BCUT2D eigenvalue weighted by atomic mass is 32.2. The zero-order valence-electron chi connectivity index (χ0n) is 14.6. The molecule has 0 radical (unpaired) electrons. The van der Waals surface area contributed by atoms with Gasteiger partial charge in [-0.2, -0.15) is 0 Å². The number of thioether (sulfide) groups is 1. The third-order valence-electron chi connectivity index (χ3n) is 4.13. The monoisotopic (exact) mass is 378 g/mol. The Hall–Kier alpha value is -2.49. The van der Waals surface area contributed by atoms with E-state index in [1.807, 2.05) is 16.7 Å². The Bertz CT molecular complexity index is 754. The molecule has 0 unspecified atom stereocenters. The van der Waals surface area contributed by atoms with Gasteiger partial charge in [-0.3, -0.25) is 14.7 Å². The quantitative estimate of drug-likeness (QED) is 0.732. The van der Waals surface area contributed by atoms with E-state index in [0.717, 1.165) is 37.6 Å². The van der Waals surface area contributed by atoms with Crippen LogP contribution in [-0.4, -0.2) is 45.0 Å². The highest BCUT2D eigenvalue weighted by Gasteiger charge is 2.24. The van der Waals surface area contributed by atoms with Crippen LogP contribution in [0.2, 0.25) is 0 Å². The first-order chi connectivity index (χ1) is 12.5. The first-order valence-corrected chi connectivity index (χ1v) is 9.40. The second-order valence-corrected chi connectivity index (χ2v) is 7.42. The van der Waals surface area contributed by atoms with E-state index in [4.69, 9.17) is 10.2 Å². The van der Waals surface area contributed by atoms with Crippen molar-refractivity contribution in [3.05, 3.63) is 24.2 Å². The largest absolute Gasteiger partial charge is 0.467 e. The van der Waals surface area contributed by atoms with Gasteiger partial charge in [-0.15, -0.1) is 10.2 Å². The highest BCUT2D eigenvalue weighted by Crippen LogP contribution is 2.28. The van der Waals surface area contributed by atoms with Crippen LogP contribution < -0.4 is 16.0 Å². The maximum Gasteiger partial charge on any atom is 0.318 e. The predicted molar refractivity (Wildman–Crippen MR) is 96.9 cm³/mol. The summed E-state index contributed by atoms with van der Waals surface area (Å²) in [5, 5.41) is 10.8. The zero-order valence-corrected chi connectivity index (χ0v) is 15.4. The molecule has 1 aliphatic rings. The van der Waals surface area contributed by atoms with Gasteiger partial charge in [0.2, 0.25) is 11.9 Å². The van der Waals surface area contributed by atoms with Crippen LogP contribution >= 0.6 is 11.8 Å². The molecule has 2 aromatic rings. The Balaban J connectivity index is 1.82. The molecule has 3 N–H and O–H groups in total. The predicted octanol–water partition coefficient (Wildman–Crippen LogP) is 1.59. The van der Waals surface area contributed by atoms with E-state index in [1.54, 1.807) is 13.2 Å². The third-order valence-corrected chi connectivity index (χ3v) is 5.21. The number of nitrogens with zero attached hydrogens (tertiary/aromatic N) is 4. The van der Waals surface area contributed by atoms with Crippen molar-refractivity contribution >= 4 is 29.6 Å². The van der Waals surface area contributed by atoms with E-state index in [2.05, 4.69) is 20.4 Å². The molecule has 1 saturated heterocycles. The van der Waals surface area contributed by atoms with Crippen molar-refractivity contribution in [1.82, 2.24) is 20.1 Å². The van der Waals surface area contributed by atoms with Crippen molar-refractivity contribution in [3.8, 4) is 0 Å². The summed E-state index contributed by atoms with van der Waals surface area (Å²) in [7, 11) is 0. The van der Waals surface area contributed by atoms with Gasteiger partial charge < -0.3 is 15.1 Å². The Morgan fingerprint density at radius 1 is 1.35 bits per heavy atom. The van der Waals surface area contributed by atoms with Crippen molar-refractivity contribution in [3.63, 3.8) is 0 Å². The standard InChI is InChI=1S/C16H22N6O3S/c1-11(13(23)18-14(17)24)26-16-20-19-15(21-7-3-2-4-8-21)22(16)10-12-6-5-9-25-12/h5-6,9,11H,2-4,7-8,10H2,1H3,(H3,17,18,23,24)/t11-/m1/s1. The molecule has 1 atom stereocenters. The molecule has 26 heavy (non-hydrogen) atoms. The van der Waals surface area contributed by atoms with Crippen LogP contribution in [0.25, 0.3) is 0 Å². The lowest BCUT2D eigenvalue weighted by Gasteiger charge is -2.27. The number of hydrogen-bond donors (Lipinski definition) is 2. The van der Waals surface area contributed by atoms with E-state index in [1.165, 1.54) is 18.2 Å². The minimum atomic E-state index is -0.867. The highest BCUT2D eigenvalue weighted by molar-refractivity contribution is 8.00. The summed E-state index contributed by atoms with van der Waals surface area (Å²) in [5.74, 6) is 1.08. The summed E-state index contributed by atoms with van der Waals surface area (Å²) in [6.45, 7) is 4.02. The van der Waals surface area contributed by atoms with E-state index < -0.39 is 17.2 Å². The Kier molecular flexibility index (Phi) is 5.82. The molecule has 1 aliphatic heterocycles. The molecule has 0 bridgehead atoms. The molecule has 0 aromatic carbocycles. The van der Waals surface area contributed by atoms with Crippen LogP contribution in [0.3, 0.4) is 0 Å². The molecule has 1 fully saturated rings. The second-order valence-electron chi connectivity index (χ2n) is 6.11. The number of imide groups is 1. The summed E-state index contributed by atoms with van der Waals surface area (Å²) < 4.78 is 7.41. The first kappa shape index (κ1) is 18.3. The molecule has 2 aromatic heterocycles. The van der Waals surface area contributed by atoms with E-state index in [-0.39, 0.29) is 0 Å². The number of aromatic nitrogens is 3. The average Bonchev–Trinajstić information content (AvgIpc) is 3.26. The number of anilines is 1. The molecular formula is C16H22N6O3S. The first-order valence-electron chi connectivity index (χ1n) is 8.52. The number of rotatable bonds is 6. The van der Waals surface area contributed by atoms with Crippen LogP contribution in [0.15, 0.2) is 28.0 Å². The van der Waals surface area contributed by atoms with Crippen molar-refractivity contribution in [2.75, 3.05) is 18.0 Å². The van der Waals surface area contributed by atoms with Gasteiger partial charge in [0.25, 0.3) is 0 Å². The van der Waals surface area contributed by atoms with Crippen LogP contribution in [0, 0.1) is 0 Å². The summed E-state index contributed by atoms with van der Waals surface area (Å²) in [6, 6.07) is 2.85. The fourth-order valence-corrected chi connectivity index (χ4v) is 3.67. The third kappa shape index (κ3) is 4.37. The molecule has 0 spiro atoms. The number of carbonyl (C=O) groups excluding carboxylic acids is 2. The maximum absolute atomic E-state index is 12.0. The number of nitrogens with two attached hydrogens (primary N) is 1. The minimum Gasteiger partial charge on any atom is -0.467 e. The number of hydrogen-bond acceptors (Lipinski definition) is 7. The zero-order chi connectivity index (χ0) is 18.5. The maximum atomic E-state index is 12.0. The van der Waals surface area contributed by atoms with Crippen LogP contribution in [0.4, 0.5) is 10.7 Å². The van der Waals surface area contributed by atoms with Crippen molar-refractivity contribution in [1.29, 1.82) is 0 Å². The minimum absolute atomic E-state index is 0.463. The van der Waals surface area contributed by atoms with Gasteiger partial charge in [-0.05, 0) is 38.3 Å². The number of carbonyl (C=O) groups is 2. The number of piperidine rings is 1. The molecule has 0 aliphatic carbocycles. The fourth-order valence-electron chi connectivity index (χ4n) is 2.83. The SMILES string of the molecule is C[C@@H](Sc1nnc(N2CCCCC2)n1Cc1ccco1)C(=O)NC(N)=O. The van der Waals surface area contributed by atoms with Gasteiger partial charge in [0.1, 0.15) is 5.76 Å². The van der Waals surface area contributed by atoms with Gasteiger partial charge >= 0.3 is 6.03 Å². The van der Waals surface area contributed by atoms with E-state index in [9.17, 15) is 9.59 Å². The second kappa shape index (κ2) is 8.26. The molecule has 3 amide bonds. The van der Waals surface area contributed by atoms with Gasteiger partial charge in [-0.25, -0.2) is 4.79 Å². The Morgan fingerprint density at radius 2 is 2.12 bits per heavy atom. The molecule has 0 saturated carbocycles. The van der Waals surface area contributed by atoms with Crippen molar-refractivity contribution in [2.45, 2.75) is 43.1 Å². The number of urea groups is 1. The van der Waals surface area contributed by atoms with Crippen molar-refractivity contribution in [2.24, 2.45) is 5.73 Å². The fraction of sp³-hybridized carbons (Fsp3) is 0.500. The molecule has 10 heteroatoms. The molecule has 3 heterocycles. The van der Waals surface area contributed by atoms with Crippen LogP contribution in [0.5, 0.6) is 0 Å². The van der Waals surface area contributed by atoms with Crippen LogP contribution in [0.1, 0.15) is 31.9 Å². The Labute approximate surface area is 155 Å². The molecular weight excluding hydrogens is 356 g/mol. The van der Waals surface area contributed by atoms with Gasteiger partial charge in [0.15, 0.2) is 5.16 Å². The topological polar surface area (TPSA) is 119 Å². The van der Waals surface area contributed by atoms with E-state index >= 15 is 0 Å². The summed E-state index contributed by atoms with van der Waals surface area (Å²) in [4.78, 5) is 25.1. The summed E-state index contributed by atoms with van der Waals surface area (Å²) >= 11 is 1.23. The number of primary amides is 1. The average molecular weight is 378 g/mol. The van der Waals surface area contributed by atoms with Gasteiger partial charge in [-0.1, -0.05) is 11.8 Å². The Morgan fingerprint density at radius 3 is 2.77 bits per heavy atom. The number of amides is 3.